The highest BCUT2D eigenvalue weighted by Gasteiger charge is 2.28. The molecule has 86 valence electrons. The van der Waals surface area contributed by atoms with Crippen molar-refractivity contribution in [1.82, 2.24) is 0 Å². The lowest BCUT2D eigenvalue weighted by Crippen LogP contribution is -2.36. The van der Waals surface area contributed by atoms with Crippen molar-refractivity contribution in [3.63, 3.8) is 0 Å². The van der Waals surface area contributed by atoms with Gasteiger partial charge in [-0.15, -0.1) is 0 Å². The zero-order chi connectivity index (χ0) is 10.7. The molecule has 3 heteroatoms. The van der Waals surface area contributed by atoms with Crippen LogP contribution in [0.5, 0.6) is 0 Å². The number of halogens is 1. The van der Waals surface area contributed by atoms with Gasteiger partial charge in [0, 0.05) is 11.8 Å². The molecule has 0 bridgehead atoms. The lowest BCUT2D eigenvalue weighted by atomic mass is 9.89. The Morgan fingerprint density at radius 2 is 2.13 bits per heavy atom. The van der Waals surface area contributed by atoms with Crippen LogP contribution < -0.4 is 0 Å². The molecule has 2 aliphatic rings. The molecular formula is C12H19FO2. The van der Waals surface area contributed by atoms with Crippen LogP contribution in [0.25, 0.3) is 0 Å². The van der Waals surface area contributed by atoms with Crippen LogP contribution in [-0.2, 0) is 9.47 Å². The average molecular weight is 214 g/mol. The van der Waals surface area contributed by atoms with Crippen LogP contribution in [0.1, 0.15) is 26.2 Å². The summed E-state index contributed by atoms with van der Waals surface area (Å²) < 4.78 is 23.7. The summed E-state index contributed by atoms with van der Waals surface area (Å²) in [5, 5.41) is 0. The Bertz CT molecular complexity index is 232. The van der Waals surface area contributed by atoms with Crippen molar-refractivity contribution in [2.75, 3.05) is 19.9 Å². The van der Waals surface area contributed by atoms with Gasteiger partial charge in [-0.05, 0) is 24.8 Å². The van der Waals surface area contributed by atoms with E-state index in [0.29, 0.717) is 11.8 Å². The van der Waals surface area contributed by atoms with E-state index in [1.54, 1.807) is 0 Å². The van der Waals surface area contributed by atoms with E-state index in [2.05, 4.69) is 6.92 Å². The second-order valence-electron chi connectivity index (χ2n) is 4.67. The maximum Gasteiger partial charge on any atom is 0.160 e. The van der Waals surface area contributed by atoms with Gasteiger partial charge in [0.05, 0.1) is 13.2 Å². The van der Waals surface area contributed by atoms with Crippen LogP contribution in [-0.4, -0.2) is 26.2 Å². The first-order valence-corrected chi connectivity index (χ1v) is 5.76. The van der Waals surface area contributed by atoms with Gasteiger partial charge in [0.2, 0.25) is 0 Å². The SMILES string of the molecule is CC1COC(C2CC=C(CF)CC2)OC1. The maximum absolute atomic E-state index is 12.4. The first kappa shape index (κ1) is 11.1. The van der Waals surface area contributed by atoms with Gasteiger partial charge >= 0.3 is 0 Å². The third-order valence-corrected chi connectivity index (χ3v) is 3.19. The number of alkyl halides is 1. The molecule has 2 nitrogen and oxygen atoms in total. The third-order valence-electron chi connectivity index (χ3n) is 3.19. The first-order valence-electron chi connectivity index (χ1n) is 5.76. The largest absolute Gasteiger partial charge is 0.352 e. The molecule has 1 fully saturated rings. The van der Waals surface area contributed by atoms with Crippen LogP contribution in [0.15, 0.2) is 11.6 Å². The van der Waals surface area contributed by atoms with Crippen LogP contribution in [0.3, 0.4) is 0 Å². The second-order valence-corrected chi connectivity index (χ2v) is 4.67. The quantitative estimate of drug-likeness (QED) is 0.658. The third kappa shape index (κ3) is 2.79. The van der Waals surface area contributed by atoms with Crippen molar-refractivity contribution in [3.8, 4) is 0 Å². The van der Waals surface area contributed by atoms with Crippen molar-refractivity contribution in [2.45, 2.75) is 32.5 Å². The van der Waals surface area contributed by atoms with E-state index < -0.39 is 0 Å². The van der Waals surface area contributed by atoms with Crippen molar-refractivity contribution >= 4 is 0 Å². The van der Waals surface area contributed by atoms with Gasteiger partial charge in [-0.2, -0.15) is 0 Å². The minimum atomic E-state index is -0.296. The normalized spacial score (nSPS) is 37.5. The van der Waals surface area contributed by atoms with E-state index in [1.165, 1.54) is 0 Å². The second kappa shape index (κ2) is 5.08. The lowest BCUT2D eigenvalue weighted by Gasteiger charge is -2.34. The Morgan fingerprint density at radius 3 is 2.67 bits per heavy atom. The molecule has 0 saturated carbocycles. The van der Waals surface area contributed by atoms with Gasteiger partial charge in [0.25, 0.3) is 0 Å². The Kier molecular flexibility index (Phi) is 3.76. The molecule has 1 aliphatic carbocycles. The van der Waals surface area contributed by atoms with E-state index in [0.717, 1.165) is 38.0 Å². The predicted octanol–water partition coefficient (Wildman–Crippen LogP) is 2.69. The zero-order valence-corrected chi connectivity index (χ0v) is 9.25. The van der Waals surface area contributed by atoms with Crippen molar-refractivity contribution in [1.29, 1.82) is 0 Å². The zero-order valence-electron chi connectivity index (χ0n) is 9.25. The summed E-state index contributed by atoms with van der Waals surface area (Å²) in [6.07, 6.45) is 4.71. The van der Waals surface area contributed by atoms with Gasteiger partial charge in [-0.1, -0.05) is 13.0 Å². The molecule has 0 spiro atoms. The highest BCUT2D eigenvalue weighted by atomic mass is 19.1. The average Bonchev–Trinajstić information content (AvgIpc) is 2.30. The van der Waals surface area contributed by atoms with E-state index in [1.807, 2.05) is 6.08 Å². The summed E-state index contributed by atoms with van der Waals surface area (Å²) in [5.74, 6) is 0.926. The van der Waals surface area contributed by atoms with Gasteiger partial charge in [0.15, 0.2) is 6.29 Å². The molecule has 0 aromatic heterocycles. The molecule has 15 heavy (non-hydrogen) atoms. The summed E-state index contributed by atoms with van der Waals surface area (Å²) in [6, 6.07) is 0. The van der Waals surface area contributed by atoms with Crippen molar-refractivity contribution in [3.05, 3.63) is 11.6 Å². The van der Waals surface area contributed by atoms with Crippen LogP contribution in [0.2, 0.25) is 0 Å². The number of allylic oxidation sites excluding steroid dienone is 2. The molecule has 0 aromatic carbocycles. The predicted molar refractivity (Wildman–Crippen MR) is 56.3 cm³/mol. The number of rotatable bonds is 2. The molecule has 1 heterocycles. The van der Waals surface area contributed by atoms with Crippen LogP contribution >= 0.6 is 0 Å². The molecule has 0 radical (unpaired) electrons. The number of hydrogen-bond acceptors (Lipinski definition) is 2. The fourth-order valence-electron chi connectivity index (χ4n) is 2.16. The molecule has 1 atom stereocenters. The van der Waals surface area contributed by atoms with E-state index in [-0.39, 0.29) is 13.0 Å². The molecule has 0 N–H and O–H groups in total. The molecule has 0 amide bonds. The molecule has 1 unspecified atom stereocenters. The van der Waals surface area contributed by atoms with Gasteiger partial charge < -0.3 is 9.47 Å². The molecule has 0 aromatic rings. The van der Waals surface area contributed by atoms with E-state index >= 15 is 0 Å². The monoisotopic (exact) mass is 214 g/mol. The standard InChI is InChI=1S/C12H19FO2/c1-9-7-14-12(15-8-9)11-4-2-10(6-13)3-5-11/h2,9,11-12H,3-8H2,1H3. The Labute approximate surface area is 90.4 Å². The molecule has 1 aliphatic heterocycles. The summed E-state index contributed by atoms with van der Waals surface area (Å²) in [6.45, 7) is 3.41. The highest BCUT2D eigenvalue weighted by molar-refractivity contribution is 5.07. The van der Waals surface area contributed by atoms with Crippen molar-refractivity contribution in [2.24, 2.45) is 11.8 Å². The van der Waals surface area contributed by atoms with E-state index in [4.69, 9.17) is 9.47 Å². The van der Waals surface area contributed by atoms with Gasteiger partial charge in [0.1, 0.15) is 6.67 Å². The number of ether oxygens (including phenoxy) is 2. The number of hydrogen-bond donors (Lipinski definition) is 0. The first-order chi connectivity index (χ1) is 7.29. The molecule has 2 rings (SSSR count). The summed E-state index contributed by atoms with van der Waals surface area (Å²) >= 11 is 0. The van der Waals surface area contributed by atoms with Crippen molar-refractivity contribution < 1.29 is 13.9 Å². The van der Waals surface area contributed by atoms with E-state index in [9.17, 15) is 4.39 Å². The lowest BCUT2D eigenvalue weighted by molar-refractivity contribution is -0.222. The summed E-state index contributed by atoms with van der Waals surface area (Å²) in [5.41, 5.74) is 0.940. The highest BCUT2D eigenvalue weighted by Crippen LogP contribution is 2.30. The Morgan fingerprint density at radius 1 is 1.40 bits per heavy atom. The molecular weight excluding hydrogens is 195 g/mol. The minimum absolute atomic E-state index is 0.0568. The van der Waals surface area contributed by atoms with Crippen LogP contribution in [0, 0.1) is 11.8 Å². The Hall–Kier alpha value is -0.410. The molecule has 1 saturated heterocycles. The summed E-state index contributed by atoms with van der Waals surface area (Å²) in [4.78, 5) is 0. The van der Waals surface area contributed by atoms with Gasteiger partial charge in [-0.3, -0.25) is 0 Å². The minimum Gasteiger partial charge on any atom is -0.352 e. The summed E-state index contributed by atoms with van der Waals surface area (Å²) in [7, 11) is 0. The fraction of sp³-hybridized carbons (Fsp3) is 0.833. The van der Waals surface area contributed by atoms with Crippen LogP contribution in [0.4, 0.5) is 4.39 Å². The Balaban J connectivity index is 1.83. The topological polar surface area (TPSA) is 18.5 Å². The smallest absolute Gasteiger partial charge is 0.160 e. The fourth-order valence-corrected chi connectivity index (χ4v) is 2.16. The maximum atomic E-state index is 12.4. The van der Waals surface area contributed by atoms with Gasteiger partial charge in [-0.25, -0.2) is 4.39 Å².